The molecule has 3 nitrogen and oxygen atoms in total. The molecular weight excluding hydrogens is 823 g/mol. The Kier molecular flexibility index (Phi) is 8.50. The quantitative estimate of drug-likeness (QED) is 0.156. The van der Waals surface area contributed by atoms with Gasteiger partial charge in [0.15, 0.2) is 0 Å². The molecule has 0 unspecified atom stereocenters. The van der Waals surface area contributed by atoms with Crippen molar-refractivity contribution in [3.63, 3.8) is 0 Å². The van der Waals surface area contributed by atoms with Crippen LogP contribution in [-0.4, -0.2) is 9.13 Å². The minimum Gasteiger partial charge on any atom is -0.310 e. The van der Waals surface area contributed by atoms with E-state index in [1.54, 1.807) is 0 Å². The number of fused-ring (bicyclic) bond motifs is 10. The lowest BCUT2D eigenvalue weighted by Gasteiger charge is -2.34. The largest absolute Gasteiger partial charge is 0.310 e. The molecule has 0 bridgehead atoms. The van der Waals surface area contributed by atoms with Gasteiger partial charge in [0, 0.05) is 49.4 Å². The topological polar surface area (TPSA) is 13.1 Å². The Labute approximate surface area is 394 Å². The maximum atomic E-state index is 2.45. The monoisotopic (exact) mass is 865 g/mol. The highest BCUT2D eigenvalue weighted by Crippen LogP contribution is 2.56. The molecule has 13 aromatic rings. The van der Waals surface area contributed by atoms with Gasteiger partial charge in [-0.2, -0.15) is 0 Å². The first-order valence-electron chi connectivity index (χ1n) is 23.5. The van der Waals surface area contributed by atoms with E-state index in [1.165, 1.54) is 87.8 Å². The predicted molar refractivity (Wildman–Crippen MR) is 285 cm³/mol. The number of nitrogens with zero attached hydrogens (tertiary/aromatic N) is 3. The van der Waals surface area contributed by atoms with Gasteiger partial charge < -0.3 is 14.0 Å². The van der Waals surface area contributed by atoms with E-state index in [9.17, 15) is 0 Å². The first-order chi connectivity index (χ1) is 33.8. The Morgan fingerprint density at radius 1 is 0.279 bits per heavy atom. The van der Waals surface area contributed by atoms with Gasteiger partial charge in [-0.3, -0.25) is 0 Å². The van der Waals surface area contributed by atoms with Crippen LogP contribution in [0.4, 0.5) is 17.1 Å². The summed E-state index contributed by atoms with van der Waals surface area (Å²) >= 11 is 0. The molecule has 14 rings (SSSR count). The Bertz CT molecular complexity index is 3930. The lowest BCUT2D eigenvalue weighted by molar-refractivity contribution is 0.768. The maximum Gasteiger partial charge on any atom is 0.0713 e. The molecule has 0 spiro atoms. The Morgan fingerprint density at radius 3 is 1.21 bits per heavy atom. The van der Waals surface area contributed by atoms with Crippen LogP contribution in [0.15, 0.2) is 261 Å². The summed E-state index contributed by atoms with van der Waals surface area (Å²) in [4.78, 5) is 2.45. The third kappa shape index (κ3) is 5.47. The molecule has 0 radical (unpaired) electrons. The van der Waals surface area contributed by atoms with Gasteiger partial charge in [-0.25, -0.2) is 0 Å². The predicted octanol–water partition coefficient (Wildman–Crippen LogP) is 16.9. The number of aromatic nitrogens is 2. The molecule has 3 heteroatoms. The van der Waals surface area contributed by atoms with Crippen LogP contribution in [0.5, 0.6) is 0 Å². The first-order valence-corrected chi connectivity index (χ1v) is 23.5. The van der Waals surface area contributed by atoms with Crippen molar-refractivity contribution >= 4 is 71.4 Å². The standard InChI is InChI=1S/C65H43N3/c1-2-18-44(19-3-1)65(57-28-12-6-20-49(57)50-21-7-13-29-58(50)65)45-34-36-46(37-35-45)66(47-38-40-48(41-39-47)67-59-30-14-8-24-51(59)52-25-9-15-31-60(52)67)63-42-43-64(56-23-5-4-22-55(56)63)68-61-32-16-10-26-53(61)54-27-11-17-33-62(54)68/h1-43H. The summed E-state index contributed by atoms with van der Waals surface area (Å²) in [6.07, 6.45) is 0. The number of para-hydroxylation sites is 4. The molecule has 1 aliphatic carbocycles. The van der Waals surface area contributed by atoms with E-state index < -0.39 is 5.41 Å². The van der Waals surface area contributed by atoms with Crippen molar-refractivity contribution in [1.29, 1.82) is 0 Å². The Balaban J connectivity index is 0.982. The van der Waals surface area contributed by atoms with Crippen molar-refractivity contribution in [3.8, 4) is 22.5 Å². The zero-order valence-corrected chi connectivity index (χ0v) is 37.2. The molecule has 0 saturated heterocycles. The molecule has 0 saturated carbocycles. The molecule has 11 aromatic carbocycles. The van der Waals surface area contributed by atoms with Gasteiger partial charge in [-0.15, -0.1) is 0 Å². The fourth-order valence-electron chi connectivity index (χ4n) is 11.8. The van der Waals surface area contributed by atoms with E-state index in [0.29, 0.717) is 0 Å². The van der Waals surface area contributed by atoms with Crippen LogP contribution in [0.2, 0.25) is 0 Å². The zero-order valence-electron chi connectivity index (χ0n) is 37.2. The van der Waals surface area contributed by atoms with Crippen LogP contribution >= 0.6 is 0 Å². The van der Waals surface area contributed by atoms with E-state index in [4.69, 9.17) is 0 Å². The van der Waals surface area contributed by atoms with Gasteiger partial charge in [0.05, 0.1) is 38.9 Å². The summed E-state index contributed by atoms with van der Waals surface area (Å²) in [5, 5.41) is 7.36. The third-order valence-corrected chi connectivity index (χ3v) is 14.6. The van der Waals surface area contributed by atoms with Gasteiger partial charge in [0.1, 0.15) is 0 Å². The second kappa shape index (κ2) is 15.1. The minimum atomic E-state index is -0.488. The molecular formula is C65H43N3. The van der Waals surface area contributed by atoms with Gasteiger partial charge >= 0.3 is 0 Å². The van der Waals surface area contributed by atoms with E-state index >= 15 is 0 Å². The maximum absolute atomic E-state index is 2.45. The van der Waals surface area contributed by atoms with Crippen LogP contribution in [-0.2, 0) is 5.41 Å². The van der Waals surface area contributed by atoms with Crippen molar-refractivity contribution in [2.75, 3.05) is 4.90 Å². The number of hydrogen-bond donors (Lipinski definition) is 0. The third-order valence-electron chi connectivity index (χ3n) is 14.6. The highest BCUT2D eigenvalue weighted by atomic mass is 15.1. The van der Waals surface area contributed by atoms with Crippen molar-refractivity contribution < 1.29 is 0 Å². The molecule has 68 heavy (non-hydrogen) atoms. The van der Waals surface area contributed by atoms with E-state index in [2.05, 4.69) is 275 Å². The molecule has 318 valence electrons. The number of benzene rings is 11. The highest BCUT2D eigenvalue weighted by Gasteiger charge is 2.45. The molecule has 0 amide bonds. The molecule has 0 aliphatic heterocycles. The van der Waals surface area contributed by atoms with E-state index in [1.807, 2.05) is 0 Å². The summed E-state index contributed by atoms with van der Waals surface area (Å²) in [6, 6.07) is 96.1. The SMILES string of the molecule is c1ccc(C2(c3ccc(N(c4ccc(-n5c6ccccc6c6ccccc65)cc4)c4ccc(-n5c6ccccc6c6ccccc65)c5ccccc45)cc3)c3ccccc3-c3ccccc32)cc1. The number of anilines is 3. The molecule has 0 N–H and O–H groups in total. The number of hydrogen-bond acceptors (Lipinski definition) is 1. The summed E-state index contributed by atoms with van der Waals surface area (Å²) in [6.45, 7) is 0. The number of rotatable bonds is 7. The normalized spacial score (nSPS) is 12.8. The summed E-state index contributed by atoms with van der Waals surface area (Å²) < 4.78 is 4.83. The van der Waals surface area contributed by atoms with Crippen LogP contribution in [0.1, 0.15) is 22.3 Å². The molecule has 0 fully saturated rings. The van der Waals surface area contributed by atoms with Gasteiger partial charge in [0.2, 0.25) is 0 Å². The van der Waals surface area contributed by atoms with E-state index in [0.717, 1.165) is 28.4 Å². The molecule has 0 atom stereocenters. The van der Waals surface area contributed by atoms with Crippen molar-refractivity contribution in [1.82, 2.24) is 9.13 Å². The Hall–Kier alpha value is -8.92. The van der Waals surface area contributed by atoms with Crippen LogP contribution in [0.3, 0.4) is 0 Å². The van der Waals surface area contributed by atoms with E-state index in [-0.39, 0.29) is 0 Å². The average molecular weight is 866 g/mol. The van der Waals surface area contributed by atoms with Gasteiger partial charge in [-0.1, -0.05) is 188 Å². The van der Waals surface area contributed by atoms with Crippen LogP contribution in [0, 0.1) is 0 Å². The summed E-state index contributed by atoms with van der Waals surface area (Å²) in [7, 11) is 0. The molecule has 2 heterocycles. The second-order valence-electron chi connectivity index (χ2n) is 18.0. The average Bonchev–Trinajstić information content (AvgIpc) is 4.04. The van der Waals surface area contributed by atoms with Crippen LogP contribution in [0.25, 0.3) is 76.9 Å². The van der Waals surface area contributed by atoms with Gasteiger partial charge in [-0.05, 0) is 106 Å². The fraction of sp³-hybridized carbons (Fsp3) is 0.0154. The van der Waals surface area contributed by atoms with Crippen molar-refractivity contribution in [3.05, 3.63) is 283 Å². The fourth-order valence-corrected chi connectivity index (χ4v) is 11.8. The van der Waals surface area contributed by atoms with Crippen LogP contribution < -0.4 is 4.90 Å². The zero-order chi connectivity index (χ0) is 44.8. The first kappa shape index (κ1) is 38.4. The summed E-state index contributed by atoms with van der Waals surface area (Å²) in [5.41, 5.74) is 17.5. The lowest BCUT2D eigenvalue weighted by atomic mass is 9.68. The second-order valence-corrected chi connectivity index (χ2v) is 18.0. The molecule has 2 aromatic heterocycles. The lowest BCUT2D eigenvalue weighted by Crippen LogP contribution is -2.28. The van der Waals surface area contributed by atoms with Crippen molar-refractivity contribution in [2.45, 2.75) is 5.41 Å². The van der Waals surface area contributed by atoms with Crippen molar-refractivity contribution in [2.24, 2.45) is 0 Å². The highest BCUT2D eigenvalue weighted by molar-refractivity contribution is 6.12. The smallest absolute Gasteiger partial charge is 0.0713 e. The Morgan fingerprint density at radius 2 is 0.676 bits per heavy atom. The summed E-state index contributed by atoms with van der Waals surface area (Å²) in [5.74, 6) is 0. The minimum absolute atomic E-state index is 0.488. The van der Waals surface area contributed by atoms with Gasteiger partial charge in [0.25, 0.3) is 0 Å². The molecule has 1 aliphatic rings.